The Hall–Kier alpha value is -2.54. The fraction of sp³-hybridized carbons (Fsp3) is 0.235. The summed E-state index contributed by atoms with van der Waals surface area (Å²) in [6.07, 6.45) is 0. The van der Waals surface area contributed by atoms with E-state index in [1.165, 1.54) is 11.0 Å². The molecule has 0 heterocycles. The van der Waals surface area contributed by atoms with E-state index in [0.29, 0.717) is 22.7 Å². The standard InChI is InChI=1S/C17H20N2O4S/c1-4-24(21,22)18-14-7-5-6-13(12-14)17(20)19(2)15-8-10-16(23-3)11-9-15/h5-12,18H,4H2,1-3H3. The molecule has 0 aliphatic carbocycles. The third-order valence-electron chi connectivity index (χ3n) is 3.53. The highest BCUT2D eigenvalue weighted by Gasteiger charge is 2.15. The number of sulfonamides is 1. The van der Waals surface area contributed by atoms with Gasteiger partial charge in [0.15, 0.2) is 0 Å². The van der Waals surface area contributed by atoms with Crippen molar-refractivity contribution < 1.29 is 17.9 Å². The van der Waals surface area contributed by atoms with Crippen LogP contribution >= 0.6 is 0 Å². The van der Waals surface area contributed by atoms with Crippen LogP contribution in [0.2, 0.25) is 0 Å². The number of ether oxygens (including phenoxy) is 1. The molecule has 0 spiro atoms. The van der Waals surface area contributed by atoms with Crippen LogP contribution in [0.3, 0.4) is 0 Å². The maximum absolute atomic E-state index is 12.6. The molecule has 1 amide bonds. The number of amides is 1. The molecule has 0 saturated carbocycles. The van der Waals surface area contributed by atoms with E-state index < -0.39 is 10.0 Å². The molecular weight excluding hydrogens is 328 g/mol. The molecule has 0 aromatic heterocycles. The van der Waals surface area contributed by atoms with Gasteiger partial charge in [-0.25, -0.2) is 8.42 Å². The molecule has 2 aromatic rings. The molecule has 0 saturated heterocycles. The van der Waals surface area contributed by atoms with E-state index in [1.807, 2.05) is 0 Å². The van der Waals surface area contributed by atoms with E-state index in [0.717, 1.165) is 0 Å². The monoisotopic (exact) mass is 348 g/mol. The lowest BCUT2D eigenvalue weighted by atomic mass is 10.1. The van der Waals surface area contributed by atoms with E-state index >= 15 is 0 Å². The van der Waals surface area contributed by atoms with Gasteiger partial charge in [0.05, 0.1) is 12.9 Å². The third-order valence-corrected chi connectivity index (χ3v) is 4.83. The molecule has 7 heteroatoms. The molecule has 0 radical (unpaired) electrons. The van der Waals surface area contributed by atoms with Gasteiger partial charge in [-0.1, -0.05) is 6.07 Å². The number of rotatable bonds is 6. The largest absolute Gasteiger partial charge is 0.497 e. The summed E-state index contributed by atoms with van der Waals surface area (Å²) in [7, 11) is -0.148. The first kappa shape index (κ1) is 17.8. The first-order valence-corrected chi connectivity index (χ1v) is 9.04. The molecule has 128 valence electrons. The van der Waals surface area contributed by atoms with Gasteiger partial charge in [-0.05, 0) is 49.4 Å². The van der Waals surface area contributed by atoms with Crippen molar-refractivity contribution in [1.29, 1.82) is 0 Å². The zero-order valence-electron chi connectivity index (χ0n) is 13.8. The minimum absolute atomic E-state index is 0.0308. The van der Waals surface area contributed by atoms with Crippen LogP contribution in [0.25, 0.3) is 0 Å². The van der Waals surface area contributed by atoms with Crippen molar-refractivity contribution in [1.82, 2.24) is 0 Å². The van der Waals surface area contributed by atoms with Gasteiger partial charge in [-0.15, -0.1) is 0 Å². The van der Waals surface area contributed by atoms with Crippen LogP contribution < -0.4 is 14.4 Å². The summed E-state index contributed by atoms with van der Waals surface area (Å²) < 4.78 is 30.8. The van der Waals surface area contributed by atoms with E-state index in [2.05, 4.69) is 4.72 Å². The Bertz CT molecular complexity index is 817. The highest BCUT2D eigenvalue weighted by atomic mass is 32.2. The molecular formula is C17H20N2O4S. The Morgan fingerprint density at radius 1 is 1.17 bits per heavy atom. The number of anilines is 2. The van der Waals surface area contributed by atoms with Gasteiger partial charge in [0, 0.05) is 24.0 Å². The average molecular weight is 348 g/mol. The third kappa shape index (κ3) is 4.26. The number of methoxy groups -OCH3 is 1. The van der Waals surface area contributed by atoms with Gasteiger partial charge in [-0.2, -0.15) is 0 Å². The van der Waals surface area contributed by atoms with Gasteiger partial charge < -0.3 is 9.64 Å². The lowest BCUT2D eigenvalue weighted by Gasteiger charge is -2.18. The topological polar surface area (TPSA) is 75.7 Å². The summed E-state index contributed by atoms with van der Waals surface area (Å²) in [5, 5.41) is 0. The molecule has 2 rings (SSSR count). The molecule has 0 aliphatic heterocycles. The number of nitrogens with zero attached hydrogens (tertiary/aromatic N) is 1. The van der Waals surface area contributed by atoms with Crippen molar-refractivity contribution in [2.24, 2.45) is 0 Å². The zero-order chi connectivity index (χ0) is 17.7. The Kier molecular flexibility index (Phi) is 5.46. The Morgan fingerprint density at radius 2 is 1.83 bits per heavy atom. The SMILES string of the molecule is CCS(=O)(=O)Nc1cccc(C(=O)N(C)c2ccc(OC)cc2)c1. The predicted octanol–water partition coefficient (Wildman–Crippen LogP) is 2.73. The van der Waals surface area contributed by atoms with Crippen LogP contribution in [-0.4, -0.2) is 34.2 Å². The second-order valence-corrected chi connectivity index (χ2v) is 7.16. The minimum Gasteiger partial charge on any atom is -0.497 e. The number of nitrogens with one attached hydrogen (secondary N) is 1. The molecule has 0 atom stereocenters. The number of hydrogen-bond donors (Lipinski definition) is 1. The first-order valence-electron chi connectivity index (χ1n) is 7.39. The molecule has 0 aliphatic rings. The van der Waals surface area contributed by atoms with E-state index in [-0.39, 0.29) is 11.7 Å². The lowest BCUT2D eigenvalue weighted by Crippen LogP contribution is -2.26. The zero-order valence-corrected chi connectivity index (χ0v) is 14.6. The summed E-state index contributed by atoms with van der Waals surface area (Å²) in [5.74, 6) is 0.435. The van der Waals surface area contributed by atoms with Crippen molar-refractivity contribution >= 4 is 27.3 Å². The smallest absolute Gasteiger partial charge is 0.258 e. The van der Waals surface area contributed by atoms with Gasteiger partial charge >= 0.3 is 0 Å². The van der Waals surface area contributed by atoms with Crippen molar-refractivity contribution in [3.8, 4) is 5.75 Å². The maximum Gasteiger partial charge on any atom is 0.258 e. The fourth-order valence-corrected chi connectivity index (χ4v) is 2.71. The second kappa shape index (κ2) is 7.35. The van der Waals surface area contributed by atoms with Crippen molar-refractivity contribution in [2.45, 2.75) is 6.92 Å². The molecule has 0 fully saturated rings. The quantitative estimate of drug-likeness (QED) is 0.871. The highest BCUT2D eigenvalue weighted by molar-refractivity contribution is 7.92. The molecule has 0 bridgehead atoms. The van der Waals surface area contributed by atoms with E-state index in [4.69, 9.17) is 4.74 Å². The van der Waals surface area contributed by atoms with Crippen LogP contribution in [-0.2, 0) is 10.0 Å². The summed E-state index contributed by atoms with van der Waals surface area (Å²) in [6, 6.07) is 13.5. The normalized spacial score (nSPS) is 11.0. The molecule has 1 N–H and O–H groups in total. The summed E-state index contributed by atoms with van der Waals surface area (Å²) >= 11 is 0. The van der Waals surface area contributed by atoms with Gasteiger partial charge in [-0.3, -0.25) is 9.52 Å². The number of hydrogen-bond acceptors (Lipinski definition) is 4. The Labute approximate surface area is 142 Å². The number of benzene rings is 2. The summed E-state index contributed by atoms with van der Waals surface area (Å²) in [6.45, 7) is 1.55. The van der Waals surface area contributed by atoms with Crippen LogP contribution in [0.5, 0.6) is 5.75 Å². The maximum atomic E-state index is 12.6. The average Bonchev–Trinajstić information content (AvgIpc) is 2.60. The fourth-order valence-electron chi connectivity index (χ4n) is 2.08. The Morgan fingerprint density at radius 3 is 2.42 bits per heavy atom. The first-order chi connectivity index (χ1) is 11.4. The molecule has 6 nitrogen and oxygen atoms in total. The van der Waals surface area contributed by atoms with Gasteiger partial charge in [0.1, 0.15) is 5.75 Å². The van der Waals surface area contributed by atoms with Gasteiger partial charge in [0.25, 0.3) is 5.91 Å². The summed E-state index contributed by atoms with van der Waals surface area (Å²) in [4.78, 5) is 14.1. The minimum atomic E-state index is -3.38. The molecule has 24 heavy (non-hydrogen) atoms. The van der Waals surface area contributed by atoms with Crippen LogP contribution in [0.15, 0.2) is 48.5 Å². The highest BCUT2D eigenvalue weighted by Crippen LogP contribution is 2.21. The Balaban J connectivity index is 2.22. The number of carbonyl (C=O) groups excluding carboxylic acids is 1. The molecule has 0 unspecified atom stereocenters. The van der Waals surface area contributed by atoms with E-state index in [1.54, 1.807) is 63.5 Å². The number of carbonyl (C=O) groups is 1. The van der Waals surface area contributed by atoms with Crippen LogP contribution in [0, 0.1) is 0 Å². The van der Waals surface area contributed by atoms with Crippen molar-refractivity contribution in [3.05, 3.63) is 54.1 Å². The van der Waals surface area contributed by atoms with Crippen molar-refractivity contribution in [3.63, 3.8) is 0 Å². The van der Waals surface area contributed by atoms with E-state index in [9.17, 15) is 13.2 Å². The molecule has 2 aromatic carbocycles. The summed E-state index contributed by atoms with van der Waals surface area (Å²) in [5.41, 5.74) is 1.47. The van der Waals surface area contributed by atoms with Gasteiger partial charge in [0.2, 0.25) is 10.0 Å². The lowest BCUT2D eigenvalue weighted by molar-refractivity contribution is 0.0993. The van der Waals surface area contributed by atoms with Crippen molar-refractivity contribution in [2.75, 3.05) is 29.5 Å². The van der Waals surface area contributed by atoms with Crippen LogP contribution in [0.1, 0.15) is 17.3 Å². The van der Waals surface area contributed by atoms with Crippen LogP contribution in [0.4, 0.5) is 11.4 Å². The second-order valence-electron chi connectivity index (χ2n) is 5.15. The predicted molar refractivity (Wildman–Crippen MR) is 95.3 cm³/mol.